The molecule has 0 aromatic heterocycles. The Labute approximate surface area is 78.0 Å². The molecule has 0 heterocycles. The molecule has 0 radical (unpaired) electrons. The minimum atomic E-state index is -0.959. The summed E-state index contributed by atoms with van der Waals surface area (Å²) in [5.74, 6) is -0.364. The van der Waals surface area contributed by atoms with E-state index in [1.54, 1.807) is 0 Å². The molecule has 5 nitrogen and oxygen atoms in total. The van der Waals surface area contributed by atoms with Crippen LogP contribution in [-0.2, 0) is 9.53 Å². The molecule has 0 saturated carbocycles. The van der Waals surface area contributed by atoms with Crippen LogP contribution in [0.15, 0.2) is 0 Å². The number of carbonyl (C=O) groups is 1. The summed E-state index contributed by atoms with van der Waals surface area (Å²) in [4.78, 5) is 10.9. The molecule has 2 atom stereocenters. The van der Waals surface area contributed by atoms with Crippen LogP contribution in [0.1, 0.15) is 13.8 Å². The van der Waals surface area contributed by atoms with Crippen molar-refractivity contribution in [3.05, 3.63) is 0 Å². The van der Waals surface area contributed by atoms with Crippen molar-refractivity contribution >= 4 is 5.97 Å². The van der Waals surface area contributed by atoms with Crippen molar-refractivity contribution in [1.82, 2.24) is 0 Å². The average molecular weight is 190 g/mol. The second-order valence-electron chi connectivity index (χ2n) is 3.33. The molecule has 0 fully saturated rings. The second kappa shape index (κ2) is 5.90. The zero-order valence-corrected chi connectivity index (χ0v) is 8.06. The number of nitrogens with two attached hydrogens (primary N) is 2. The molecule has 0 aromatic rings. The van der Waals surface area contributed by atoms with Crippen molar-refractivity contribution in [2.75, 3.05) is 13.2 Å². The zero-order valence-electron chi connectivity index (χ0n) is 8.06. The van der Waals surface area contributed by atoms with Gasteiger partial charge in [0.05, 0.1) is 6.61 Å². The summed E-state index contributed by atoms with van der Waals surface area (Å²) in [6.07, 6.45) is 0. The fourth-order valence-electron chi connectivity index (χ4n) is 0.552. The molecule has 78 valence electrons. The van der Waals surface area contributed by atoms with Gasteiger partial charge in [0, 0.05) is 6.04 Å². The number of hydrogen-bond donors (Lipinski definition) is 3. The summed E-state index contributed by atoms with van der Waals surface area (Å²) in [5.41, 5.74) is 10.8. The minimum Gasteiger partial charge on any atom is -0.463 e. The van der Waals surface area contributed by atoms with Crippen LogP contribution in [-0.4, -0.2) is 36.4 Å². The zero-order chi connectivity index (χ0) is 10.4. The van der Waals surface area contributed by atoms with Crippen LogP contribution in [0.4, 0.5) is 0 Å². The van der Waals surface area contributed by atoms with Crippen LogP contribution >= 0.6 is 0 Å². The molecule has 0 aromatic carbocycles. The second-order valence-corrected chi connectivity index (χ2v) is 3.33. The van der Waals surface area contributed by atoms with Gasteiger partial charge in [-0.1, -0.05) is 13.8 Å². The average Bonchev–Trinajstić information content (AvgIpc) is 2.11. The maximum absolute atomic E-state index is 10.9. The standard InChI is InChI=1S/C8H18N2O3/c1-5(2)7(10)4-13-8(12)6(9)3-11/h5-7,11H,3-4,9-10H2,1-2H3. The molecule has 0 aliphatic rings. The van der Waals surface area contributed by atoms with Crippen LogP contribution in [0.3, 0.4) is 0 Å². The van der Waals surface area contributed by atoms with E-state index in [0.29, 0.717) is 0 Å². The van der Waals surface area contributed by atoms with Gasteiger partial charge in [-0.15, -0.1) is 0 Å². The molecule has 5 N–H and O–H groups in total. The predicted octanol–water partition coefficient (Wildman–Crippen LogP) is -1.17. The van der Waals surface area contributed by atoms with Gasteiger partial charge in [-0.25, -0.2) is 0 Å². The monoisotopic (exact) mass is 190 g/mol. The molecular formula is C8H18N2O3. The Morgan fingerprint density at radius 2 is 2.00 bits per heavy atom. The van der Waals surface area contributed by atoms with Crippen molar-refractivity contribution < 1.29 is 14.6 Å². The van der Waals surface area contributed by atoms with Gasteiger partial charge in [-0.2, -0.15) is 0 Å². The van der Waals surface area contributed by atoms with Gasteiger partial charge in [0.15, 0.2) is 0 Å². The first kappa shape index (κ1) is 12.3. The summed E-state index contributed by atoms with van der Waals surface area (Å²) in [6, 6.07) is -1.14. The van der Waals surface area contributed by atoms with Gasteiger partial charge in [0.1, 0.15) is 12.6 Å². The Morgan fingerprint density at radius 1 is 1.46 bits per heavy atom. The maximum atomic E-state index is 10.9. The molecule has 0 bridgehead atoms. The van der Waals surface area contributed by atoms with Gasteiger partial charge in [-0.3, -0.25) is 4.79 Å². The van der Waals surface area contributed by atoms with Crippen LogP contribution in [0, 0.1) is 5.92 Å². The topological polar surface area (TPSA) is 98.6 Å². The number of rotatable bonds is 5. The summed E-state index contributed by atoms with van der Waals surface area (Å²) in [6.45, 7) is 3.61. The molecule has 0 aliphatic carbocycles. The molecule has 0 spiro atoms. The molecule has 0 aliphatic heterocycles. The first-order valence-corrected chi connectivity index (χ1v) is 4.27. The number of esters is 1. The quantitative estimate of drug-likeness (QED) is 0.475. The van der Waals surface area contributed by atoms with Crippen molar-refractivity contribution in [3.63, 3.8) is 0 Å². The van der Waals surface area contributed by atoms with Crippen molar-refractivity contribution in [3.8, 4) is 0 Å². The van der Waals surface area contributed by atoms with E-state index in [0.717, 1.165) is 0 Å². The van der Waals surface area contributed by atoms with Crippen LogP contribution < -0.4 is 11.5 Å². The van der Waals surface area contributed by atoms with E-state index in [1.807, 2.05) is 13.8 Å². The Morgan fingerprint density at radius 3 is 2.38 bits per heavy atom. The molecule has 5 heteroatoms. The molecular weight excluding hydrogens is 172 g/mol. The first-order chi connectivity index (χ1) is 5.99. The molecule has 0 saturated heterocycles. The van der Waals surface area contributed by atoms with E-state index >= 15 is 0 Å². The Hall–Kier alpha value is -0.650. The van der Waals surface area contributed by atoms with E-state index < -0.39 is 18.6 Å². The van der Waals surface area contributed by atoms with Gasteiger partial charge in [0.2, 0.25) is 0 Å². The maximum Gasteiger partial charge on any atom is 0.325 e. The van der Waals surface area contributed by atoms with E-state index in [1.165, 1.54) is 0 Å². The Kier molecular flexibility index (Phi) is 5.61. The highest BCUT2D eigenvalue weighted by Gasteiger charge is 2.16. The van der Waals surface area contributed by atoms with Crippen LogP contribution in [0.2, 0.25) is 0 Å². The van der Waals surface area contributed by atoms with E-state index in [2.05, 4.69) is 0 Å². The molecule has 0 amide bonds. The highest BCUT2D eigenvalue weighted by molar-refractivity contribution is 5.75. The highest BCUT2D eigenvalue weighted by atomic mass is 16.5. The molecule has 2 unspecified atom stereocenters. The third-order valence-corrected chi connectivity index (χ3v) is 1.77. The number of carbonyl (C=O) groups excluding carboxylic acids is 1. The predicted molar refractivity (Wildman–Crippen MR) is 48.8 cm³/mol. The number of aliphatic hydroxyl groups is 1. The normalized spacial score (nSPS) is 15.5. The smallest absolute Gasteiger partial charge is 0.325 e. The fourth-order valence-corrected chi connectivity index (χ4v) is 0.552. The van der Waals surface area contributed by atoms with Gasteiger partial charge in [-0.05, 0) is 5.92 Å². The minimum absolute atomic E-state index is 0.143. The van der Waals surface area contributed by atoms with Crippen LogP contribution in [0.5, 0.6) is 0 Å². The van der Waals surface area contributed by atoms with Gasteiger partial charge < -0.3 is 21.3 Å². The Bertz CT molecular complexity index is 161. The lowest BCUT2D eigenvalue weighted by molar-refractivity contribution is -0.146. The first-order valence-electron chi connectivity index (χ1n) is 4.27. The van der Waals surface area contributed by atoms with Gasteiger partial charge >= 0.3 is 5.97 Å². The summed E-state index contributed by atoms with van der Waals surface area (Å²) in [5, 5.41) is 8.52. The Balaban J connectivity index is 3.70. The van der Waals surface area contributed by atoms with Crippen molar-refractivity contribution in [2.45, 2.75) is 25.9 Å². The third kappa shape index (κ3) is 4.82. The lowest BCUT2D eigenvalue weighted by atomic mass is 10.1. The number of aliphatic hydroxyl groups excluding tert-OH is 1. The number of ether oxygens (including phenoxy) is 1. The van der Waals surface area contributed by atoms with E-state index in [9.17, 15) is 4.79 Å². The van der Waals surface area contributed by atoms with Crippen molar-refractivity contribution in [1.29, 1.82) is 0 Å². The highest BCUT2D eigenvalue weighted by Crippen LogP contribution is 1.99. The summed E-state index contributed by atoms with van der Waals surface area (Å²) in [7, 11) is 0. The number of hydrogen-bond acceptors (Lipinski definition) is 5. The third-order valence-electron chi connectivity index (χ3n) is 1.77. The van der Waals surface area contributed by atoms with E-state index in [-0.39, 0.29) is 18.6 Å². The van der Waals surface area contributed by atoms with Crippen molar-refractivity contribution in [2.24, 2.45) is 17.4 Å². The molecule has 0 rings (SSSR count). The van der Waals surface area contributed by atoms with Gasteiger partial charge in [0.25, 0.3) is 0 Å². The lowest BCUT2D eigenvalue weighted by Crippen LogP contribution is -2.39. The van der Waals surface area contributed by atoms with E-state index in [4.69, 9.17) is 21.3 Å². The molecule has 13 heavy (non-hydrogen) atoms. The SMILES string of the molecule is CC(C)C(N)COC(=O)C(N)CO. The lowest BCUT2D eigenvalue weighted by Gasteiger charge is -2.16. The fraction of sp³-hybridized carbons (Fsp3) is 0.875. The van der Waals surface area contributed by atoms with Crippen LogP contribution in [0.25, 0.3) is 0 Å². The summed E-state index contributed by atoms with van der Waals surface area (Å²) >= 11 is 0. The largest absolute Gasteiger partial charge is 0.463 e. The summed E-state index contributed by atoms with van der Waals surface area (Å²) < 4.78 is 4.77.